The molecular weight excluding hydrogens is 579 g/mol. The molecule has 0 saturated carbocycles. The van der Waals surface area contributed by atoms with E-state index in [1.807, 2.05) is 12.2 Å². The second kappa shape index (κ2) is 12.9. The number of hydrogen-bond donors (Lipinski definition) is 0. The maximum Gasteiger partial charge on any atom is 0.0540 e. The number of rotatable bonds is 9. The van der Waals surface area contributed by atoms with Gasteiger partial charge in [0, 0.05) is 22.4 Å². The Kier molecular flexibility index (Phi) is 8.29. The molecule has 0 heterocycles. The van der Waals surface area contributed by atoms with Gasteiger partial charge in [-0.05, 0) is 93.7 Å². The molecule has 0 atom stereocenters. The molecule has 0 N–H and O–H groups in total. The van der Waals surface area contributed by atoms with Crippen molar-refractivity contribution in [2.45, 2.75) is 32.6 Å². The SMILES string of the molecule is C=C/C=C/c1cc(Cc2ccccc2C(=C)C)cc(N(c2ccc3c(c2)C(C)(C)c2ccccc2-3)c2ccccc2-c2ccccc2)c1. The summed E-state index contributed by atoms with van der Waals surface area (Å²) in [6.07, 6.45) is 6.80. The number of fused-ring (bicyclic) bond motifs is 3. The molecule has 1 nitrogen and oxygen atoms in total. The van der Waals surface area contributed by atoms with Crippen LogP contribution in [0, 0.1) is 0 Å². The summed E-state index contributed by atoms with van der Waals surface area (Å²) in [6, 6.07) is 50.9. The van der Waals surface area contributed by atoms with Crippen LogP contribution in [0.3, 0.4) is 0 Å². The van der Waals surface area contributed by atoms with Crippen LogP contribution in [0.4, 0.5) is 17.1 Å². The van der Waals surface area contributed by atoms with Crippen molar-refractivity contribution in [2.75, 3.05) is 4.90 Å². The molecule has 0 amide bonds. The molecule has 234 valence electrons. The fourth-order valence-corrected chi connectivity index (χ4v) is 7.31. The Labute approximate surface area is 285 Å². The highest BCUT2D eigenvalue weighted by Gasteiger charge is 2.35. The van der Waals surface area contributed by atoms with E-state index in [1.54, 1.807) is 0 Å². The molecule has 1 heteroatoms. The van der Waals surface area contributed by atoms with Gasteiger partial charge in [-0.1, -0.05) is 160 Å². The van der Waals surface area contributed by atoms with Gasteiger partial charge in [0.05, 0.1) is 5.69 Å². The smallest absolute Gasteiger partial charge is 0.0540 e. The molecule has 7 rings (SSSR count). The first-order chi connectivity index (χ1) is 23.3. The molecule has 6 aromatic rings. The molecule has 0 fully saturated rings. The Morgan fingerprint density at radius 2 is 1.35 bits per heavy atom. The molecule has 0 spiro atoms. The normalized spacial score (nSPS) is 12.8. The van der Waals surface area contributed by atoms with Crippen LogP contribution in [-0.4, -0.2) is 0 Å². The Morgan fingerprint density at radius 1 is 0.667 bits per heavy atom. The lowest BCUT2D eigenvalue weighted by Gasteiger charge is -2.30. The third-order valence-corrected chi connectivity index (χ3v) is 9.61. The van der Waals surface area contributed by atoms with E-state index in [0.29, 0.717) is 0 Å². The van der Waals surface area contributed by atoms with Gasteiger partial charge in [-0.25, -0.2) is 0 Å². The summed E-state index contributed by atoms with van der Waals surface area (Å²) in [6.45, 7) is 15.0. The van der Waals surface area contributed by atoms with E-state index in [1.165, 1.54) is 50.1 Å². The fourth-order valence-electron chi connectivity index (χ4n) is 7.31. The zero-order valence-electron chi connectivity index (χ0n) is 28.1. The Bertz CT molecular complexity index is 2180. The van der Waals surface area contributed by atoms with Crippen LogP contribution in [0.2, 0.25) is 0 Å². The van der Waals surface area contributed by atoms with E-state index >= 15 is 0 Å². The summed E-state index contributed by atoms with van der Waals surface area (Å²) in [5.74, 6) is 0. The van der Waals surface area contributed by atoms with Crippen LogP contribution >= 0.6 is 0 Å². The maximum atomic E-state index is 4.27. The molecule has 0 aliphatic heterocycles. The highest BCUT2D eigenvalue weighted by Crippen LogP contribution is 2.51. The van der Waals surface area contributed by atoms with Gasteiger partial charge in [0.1, 0.15) is 0 Å². The zero-order chi connectivity index (χ0) is 33.3. The van der Waals surface area contributed by atoms with Crippen molar-refractivity contribution in [3.8, 4) is 22.3 Å². The van der Waals surface area contributed by atoms with Gasteiger partial charge in [-0.2, -0.15) is 0 Å². The molecule has 0 saturated heterocycles. The van der Waals surface area contributed by atoms with E-state index in [9.17, 15) is 0 Å². The first-order valence-electron chi connectivity index (χ1n) is 16.7. The van der Waals surface area contributed by atoms with Gasteiger partial charge in [0.2, 0.25) is 0 Å². The number of anilines is 3. The van der Waals surface area contributed by atoms with E-state index < -0.39 is 0 Å². The molecule has 0 unspecified atom stereocenters. The van der Waals surface area contributed by atoms with Crippen molar-refractivity contribution in [3.05, 3.63) is 198 Å². The van der Waals surface area contributed by atoms with Crippen molar-refractivity contribution in [2.24, 2.45) is 0 Å². The molecule has 48 heavy (non-hydrogen) atoms. The molecule has 1 aliphatic carbocycles. The van der Waals surface area contributed by atoms with Gasteiger partial charge in [-0.3, -0.25) is 0 Å². The number of nitrogens with zero attached hydrogens (tertiary/aromatic N) is 1. The Morgan fingerprint density at radius 3 is 2.15 bits per heavy atom. The highest BCUT2D eigenvalue weighted by atomic mass is 15.1. The standard InChI is InChI=1S/C47H41N/c1-6-7-17-34-28-35(29-37-20-11-12-21-40(37)33(2)3)31-39(30-34)48(46-25-16-14-22-41(46)36-18-9-8-10-19-36)38-26-27-43-42-23-13-15-24-44(42)47(4,5)45(43)32-38/h6-28,30-32H,1-2,29H2,3-5H3/b17-7+. The predicted octanol–water partition coefficient (Wildman–Crippen LogP) is 13.0. The Balaban J connectivity index is 1.46. The Hall–Kier alpha value is -5.66. The van der Waals surface area contributed by atoms with Crippen LogP contribution in [0.5, 0.6) is 0 Å². The minimum atomic E-state index is -0.113. The summed E-state index contributed by atoms with van der Waals surface area (Å²) in [4.78, 5) is 2.45. The van der Waals surface area contributed by atoms with Gasteiger partial charge >= 0.3 is 0 Å². The van der Waals surface area contributed by atoms with Gasteiger partial charge < -0.3 is 4.90 Å². The zero-order valence-corrected chi connectivity index (χ0v) is 28.1. The number of para-hydroxylation sites is 1. The molecule has 1 aliphatic rings. The minimum Gasteiger partial charge on any atom is -0.310 e. The van der Waals surface area contributed by atoms with E-state index in [0.717, 1.165) is 34.6 Å². The molecule has 6 aromatic carbocycles. The van der Waals surface area contributed by atoms with Crippen molar-refractivity contribution in [1.29, 1.82) is 0 Å². The summed E-state index contributed by atoms with van der Waals surface area (Å²) in [5.41, 5.74) is 16.9. The number of benzene rings is 6. The van der Waals surface area contributed by atoms with Crippen LogP contribution in [0.1, 0.15) is 54.2 Å². The van der Waals surface area contributed by atoms with Crippen LogP contribution in [-0.2, 0) is 11.8 Å². The molecule has 0 radical (unpaired) electrons. The predicted molar refractivity (Wildman–Crippen MR) is 207 cm³/mol. The summed E-state index contributed by atoms with van der Waals surface area (Å²) >= 11 is 0. The first-order valence-corrected chi connectivity index (χ1v) is 16.7. The van der Waals surface area contributed by atoms with Gasteiger partial charge in [-0.15, -0.1) is 0 Å². The lowest BCUT2D eigenvalue weighted by Crippen LogP contribution is -2.17. The van der Waals surface area contributed by atoms with Crippen molar-refractivity contribution in [1.82, 2.24) is 0 Å². The third-order valence-electron chi connectivity index (χ3n) is 9.61. The second-order valence-electron chi connectivity index (χ2n) is 13.3. The van der Waals surface area contributed by atoms with E-state index in [-0.39, 0.29) is 5.41 Å². The fraction of sp³-hybridized carbons (Fsp3) is 0.106. The molecule has 0 bridgehead atoms. The van der Waals surface area contributed by atoms with Crippen molar-refractivity contribution >= 4 is 28.7 Å². The quantitative estimate of drug-likeness (QED) is 0.146. The average molecular weight is 620 g/mol. The lowest BCUT2D eigenvalue weighted by molar-refractivity contribution is 0.660. The molecule has 0 aromatic heterocycles. The van der Waals surface area contributed by atoms with Gasteiger partial charge in [0.25, 0.3) is 0 Å². The molecular formula is C47H41N. The summed E-state index contributed by atoms with van der Waals surface area (Å²) in [7, 11) is 0. The lowest BCUT2D eigenvalue weighted by atomic mass is 9.82. The maximum absolute atomic E-state index is 4.27. The first kappa shape index (κ1) is 31.0. The topological polar surface area (TPSA) is 3.24 Å². The van der Waals surface area contributed by atoms with E-state index in [2.05, 4.69) is 184 Å². The highest BCUT2D eigenvalue weighted by molar-refractivity contribution is 5.91. The van der Waals surface area contributed by atoms with E-state index in [4.69, 9.17) is 0 Å². The summed E-state index contributed by atoms with van der Waals surface area (Å²) < 4.78 is 0. The minimum absolute atomic E-state index is 0.113. The third kappa shape index (κ3) is 5.73. The van der Waals surface area contributed by atoms with Crippen LogP contribution in [0.15, 0.2) is 165 Å². The largest absolute Gasteiger partial charge is 0.310 e. The van der Waals surface area contributed by atoms with Crippen LogP contribution in [0.25, 0.3) is 33.9 Å². The average Bonchev–Trinajstić information content (AvgIpc) is 3.34. The summed E-state index contributed by atoms with van der Waals surface area (Å²) in [5, 5.41) is 0. The number of allylic oxidation sites excluding steroid dienone is 3. The van der Waals surface area contributed by atoms with Gasteiger partial charge in [0.15, 0.2) is 0 Å². The second-order valence-corrected chi connectivity index (χ2v) is 13.3. The number of hydrogen-bond acceptors (Lipinski definition) is 1. The monoisotopic (exact) mass is 619 g/mol. The van der Waals surface area contributed by atoms with Crippen molar-refractivity contribution < 1.29 is 0 Å². The van der Waals surface area contributed by atoms with Crippen molar-refractivity contribution in [3.63, 3.8) is 0 Å². The van der Waals surface area contributed by atoms with Crippen LogP contribution < -0.4 is 4.90 Å².